The van der Waals surface area contributed by atoms with Crippen molar-refractivity contribution in [1.29, 1.82) is 0 Å². The minimum Gasteiger partial charge on any atom is -0.396 e. The molecule has 0 aromatic carbocycles. The van der Waals surface area contributed by atoms with Crippen LogP contribution < -0.4 is 5.32 Å². The smallest absolute Gasteiger partial charge is 0.0897 e. The number of aromatic nitrogens is 1. The van der Waals surface area contributed by atoms with Crippen LogP contribution in [0.25, 0.3) is 0 Å². The lowest BCUT2D eigenvalue weighted by Crippen LogP contribution is -2.38. The quantitative estimate of drug-likeness (QED) is 0.848. The van der Waals surface area contributed by atoms with Gasteiger partial charge in [0, 0.05) is 30.5 Å². The van der Waals surface area contributed by atoms with Crippen molar-refractivity contribution in [1.82, 2.24) is 10.3 Å². The summed E-state index contributed by atoms with van der Waals surface area (Å²) in [5.41, 5.74) is 1.25. The molecule has 1 aromatic rings. The molecule has 1 aliphatic rings. The molecular formula is C13H22N2OS. The maximum Gasteiger partial charge on any atom is 0.0897 e. The van der Waals surface area contributed by atoms with Gasteiger partial charge in [0.05, 0.1) is 10.7 Å². The number of aliphatic hydroxyl groups is 1. The Balaban J connectivity index is 1.79. The van der Waals surface area contributed by atoms with Crippen LogP contribution in [-0.2, 0) is 6.54 Å². The van der Waals surface area contributed by atoms with Crippen LogP contribution in [0.3, 0.4) is 0 Å². The average Bonchev–Trinajstić information content (AvgIpc) is 2.76. The second-order valence-electron chi connectivity index (χ2n) is 5.18. The van der Waals surface area contributed by atoms with E-state index in [9.17, 15) is 5.11 Å². The zero-order valence-corrected chi connectivity index (χ0v) is 11.4. The number of hydrogen-bond acceptors (Lipinski definition) is 4. The first kappa shape index (κ1) is 13.0. The van der Waals surface area contributed by atoms with E-state index < -0.39 is 0 Å². The Kier molecular flexibility index (Phi) is 4.54. The fourth-order valence-electron chi connectivity index (χ4n) is 2.64. The number of hydrogen-bond donors (Lipinski definition) is 2. The Morgan fingerprint density at radius 2 is 2.18 bits per heavy atom. The minimum atomic E-state index is 0.128. The molecule has 2 rings (SSSR count). The molecule has 0 unspecified atom stereocenters. The van der Waals surface area contributed by atoms with E-state index in [1.165, 1.54) is 19.3 Å². The molecule has 1 aliphatic carbocycles. The van der Waals surface area contributed by atoms with Gasteiger partial charge in [0.2, 0.25) is 0 Å². The summed E-state index contributed by atoms with van der Waals surface area (Å²) in [6.07, 6.45) is 6.17. The molecule has 0 aliphatic heterocycles. The Hall–Kier alpha value is -0.450. The highest BCUT2D eigenvalue weighted by atomic mass is 32.1. The van der Waals surface area contributed by atoms with Crippen molar-refractivity contribution in [2.75, 3.05) is 13.2 Å². The molecule has 17 heavy (non-hydrogen) atoms. The molecule has 1 aromatic heterocycles. The molecule has 1 fully saturated rings. The average molecular weight is 254 g/mol. The third-order valence-corrected chi connectivity index (χ3v) is 4.54. The summed E-state index contributed by atoms with van der Waals surface area (Å²) in [5.74, 6) is 0. The molecule has 4 heteroatoms. The molecule has 1 heterocycles. The van der Waals surface area contributed by atoms with Crippen LogP contribution in [0.2, 0.25) is 0 Å². The Morgan fingerprint density at radius 3 is 2.76 bits per heavy atom. The molecule has 0 spiro atoms. The lowest BCUT2D eigenvalue weighted by molar-refractivity contribution is 0.0810. The van der Waals surface area contributed by atoms with Gasteiger partial charge >= 0.3 is 0 Å². The number of thiazole rings is 1. The normalized spacial score (nSPS) is 19.4. The van der Waals surface area contributed by atoms with Crippen molar-refractivity contribution in [3.8, 4) is 0 Å². The zero-order chi connectivity index (χ0) is 12.1. The molecular weight excluding hydrogens is 232 g/mol. The van der Waals surface area contributed by atoms with E-state index in [-0.39, 0.29) is 5.41 Å². The van der Waals surface area contributed by atoms with E-state index in [1.807, 2.05) is 6.92 Å². The summed E-state index contributed by atoms with van der Waals surface area (Å²) < 4.78 is 0. The summed E-state index contributed by atoms with van der Waals surface area (Å²) in [6.45, 7) is 4.09. The molecule has 1 saturated carbocycles. The molecule has 96 valence electrons. The number of aryl methyl sites for hydroxylation is 1. The predicted molar refractivity (Wildman–Crippen MR) is 71.2 cm³/mol. The third-order valence-electron chi connectivity index (χ3n) is 3.72. The van der Waals surface area contributed by atoms with Gasteiger partial charge in [-0.2, -0.15) is 0 Å². The van der Waals surface area contributed by atoms with Gasteiger partial charge in [0.1, 0.15) is 0 Å². The second-order valence-corrected chi connectivity index (χ2v) is 6.24. The standard InChI is InChI=1S/C13H22N2OS/c1-11-15-12(8-17-11)7-14-9-13(10-16)5-3-2-4-6-13/h8,14,16H,2-7,9-10H2,1H3. The van der Waals surface area contributed by atoms with Crippen molar-refractivity contribution in [2.45, 2.75) is 45.6 Å². The van der Waals surface area contributed by atoms with Gasteiger partial charge in [-0.25, -0.2) is 4.98 Å². The van der Waals surface area contributed by atoms with Crippen LogP contribution in [0.1, 0.15) is 42.8 Å². The Morgan fingerprint density at radius 1 is 1.41 bits per heavy atom. The first-order chi connectivity index (χ1) is 8.24. The molecule has 3 nitrogen and oxygen atoms in total. The van der Waals surface area contributed by atoms with Crippen LogP contribution in [0.4, 0.5) is 0 Å². The van der Waals surface area contributed by atoms with E-state index >= 15 is 0 Å². The van der Waals surface area contributed by atoms with Gasteiger partial charge in [-0.3, -0.25) is 0 Å². The first-order valence-corrected chi connectivity index (χ1v) is 7.35. The van der Waals surface area contributed by atoms with Crippen molar-refractivity contribution in [3.05, 3.63) is 16.1 Å². The van der Waals surface area contributed by atoms with Crippen LogP contribution in [-0.4, -0.2) is 23.2 Å². The largest absolute Gasteiger partial charge is 0.396 e. The van der Waals surface area contributed by atoms with Crippen molar-refractivity contribution < 1.29 is 5.11 Å². The molecule has 0 radical (unpaired) electrons. The van der Waals surface area contributed by atoms with Gasteiger partial charge in [0.15, 0.2) is 0 Å². The monoisotopic (exact) mass is 254 g/mol. The topological polar surface area (TPSA) is 45.2 Å². The molecule has 0 amide bonds. The fourth-order valence-corrected chi connectivity index (χ4v) is 3.25. The van der Waals surface area contributed by atoms with Gasteiger partial charge in [-0.15, -0.1) is 11.3 Å². The summed E-state index contributed by atoms with van der Waals surface area (Å²) in [7, 11) is 0. The van der Waals surface area contributed by atoms with Gasteiger partial charge in [0.25, 0.3) is 0 Å². The fraction of sp³-hybridized carbons (Fsp3) is 0.769. The van der Waals surface area contributed by atoms with Gasteiger partial charge < -0.3 is 10.4 Å². The van der Waals surface area contributed by atoms with Gasteiger partial charge in [-0.05, 0) is 19.8 Å². The van der Waals surface area contributed by atoms with Crippen molar-refractivity contribution >= 4 is 11.3 Å². The first-order valence-electron chi connectivity index (χ1n) is 6.47. The molecule has 2 N–H and O–H groups in total. The highest BCUT2D eigenvalue weighted by Gasteiger charge is 2.30. The molecule has 0 bridgehead atoms. The molecule has 0 saturated heterocycles. The number of aliphatic hydroxyl groups excluding tert-OH is 1. The van der Waals surface area contributed by atoms with Crippen LogP contribution in [0, 0.1) is 12.3 Å². The van der Waals surface area contributed by atoms with Crippen molar-refractivity contribution in [3.63, 3.8) is 0 Å². The molecule has 0 atom stereocenters. The minimum absolute atomic E-state index is 0.128. The maximum atomic E-state index is 9.59. The number of nitrogens with one attached hydrogen (secondary N) is 1. The van der Waals surface area contributed by atoms with Crippen molar-refractivity contribution in [2.24, 2.45) is 5.41 Å². The summed E-state index contributed by atoms with van der Waals surface area (Å²) in [4.78, 5) is 4.44. The van der Waals surface area contributed by atoms with Crippen LogP contribution >= 0.6 is 11.3 Å². The summed E-state index contributed by atoms with van der Waals surface area (Å²) in [5, 5.41) is 16.3. The highest BCUT2D eigenvalue weighted by molar-refractivity contribution is 7.09. The zero-order valence-electron chi connectivity index (χ0n) is 10.5. The predicted octanol–water partition coefficient (Wildman–Crippen LogP) is 2.48. The van der Waals surface area contributed by atoms with Gasteiger partial charge in [-0.1, -0.05) is 19.3 Å². The lowest BCUT2D eigenvalue weighted by Gasteiger charge is -2.35. The second kappa shape index (κ2) is 5.94. The Bertz CT molecular complexity index is 345. The van der Waals surface area contributed by atoms with Crippen LogP contribution in [0.5, 0.6) is 0 Å². The number of nitrogens with zero attached hydrogens (tertiary/aromatic N) is 1. The maximum absolute atomic E-state index is 9.59. The van der Waals surface area contributed by atoms with E-state index in [4.69, 9.17) is 0 Å². The highest BCUT2D eigenvalue weighted by Crippen LogP contribution is 2.35. The van der Waals surface area contributed by atoms with E-state index in [1.54, 1.807) is 11.3 Å². The SMILES string of the molecule is Cc1nc(CNCC2(CO)CCCCC2)cs1. The third kappa shape index (κ3) is 3.50. The number of rotatable bonds is 5. The summed E-state index contributed by atoms with van der Waals surface area (Å²) in [6, 6.07) is 0. The van der Waals surface area contributed by atoms with E-state index in [2.05, 4.69) is 15.7 Å². The lowest BCUT2D eigenvalue weighted by atomic mass is 9.74. The van der Waals surface area contributed by atoms with Crippen LogP contribution in [0.15, 0.2) is 5.38 Å². The van der Waals surface area contributed by atoms with E-state index in [0.29, 0.717) is 6.61 Å². The summed E-state index contributed by atoms with van der Waals surface area (Å²) >= 11 is 1.69. The Labute approximate surface area is 107 Å². The van der Waals surface area contributed by atoms with E-state index in [0.717, 1.165) is 36.6 Å².